The number of aromatic amines is 1. The molecule has 2 heterocycles. The smallest absolute Gasteiger partial charge is 0.253 e. The Labute approximate surface area is 151 Å². The molecule has 1 atom stereocenters. The molecule has 1 fully saturated rings. The average Bonchev–Trinajstić information content (AvgIpc) is 2.97. The van der Waals surface area contributed by atoms with Crippen LogP contribution >= 0.6 is 11.6 Å². The van der Waals surface area contributed by atoms with Crippen molar-refractivity contribution in [1.29, 1.82) is 0 Å². The Kier molecular flexibility index (Phi) is 4.45. The van der Waals surface area contributed by atoms with E-state index in [0.29, 0.717) is 11.5 Å². The lowest BCUT2D eigenvalue weighted by molar-refractivity contribution is 0.0754. The van der Waals surface area contributed by atoms with Crippen molar-refractivity contribution in [2.45, 2.75) is 25.2 Å². The van der Waals surface area contributed by atoms with E-state index in [9.17, 15) is 4.79 Å². The second kappa shape index (κ2) is 6.89. The number of hydrogen-bond donors (Lipinski definition) is 1. The van der Waals surface area contributed by atoms with Crippen LogP contribution in [-0.4, -0.2) is 33.9 Å². The lowest BCUT2D eigenvalue weighted by atomic mass is 9.94. The Bertz CT molecular complexity index is 887. The number of carbonyl (C=O) groups is 1. The Hall–Kier alpha value is -2.33. The fourth-order valence-corrected chi connectivity index (χ4v) is 3.71. The lowest BCUT2D eigenvalue weighted by Gasteiger charge is -2.25. The van der Waals surface area contributed by atoms with Gasteiger partial charge in [0.25, 0.3) is 5.91 Å². The number of carbonyl (C=O) groups excluding carboxylic acids is 1. The molecule has 0 aliphatic carbocycles. The van der Waals surface area contributed by atoms with Crippen LogP contribution in [0.25, 0.3) is 11.0 Å². The number of likely N-dealkylation sites (tertiary alicyclic amines) is 1. The minimum atomic E-state index is 0.0948. The molecule has 3 aromatic rings. The Morgan fingerprint density at radius 2 is 2.00 bits per heavy atom. The molecule has 2 aromatic carbocycles. The van der Waals surface area contributed by atoms with Crippen LogP contribution < -0.4 is 0 Å². The van der Waals surface area contributed by atoms with Crippen LogP contribution in [0.15, 0.2) is 48.8 Å². The molecule has 0 spiro atoms. The first kappa shape index (κ1) is 16.2. The van der Waals surface area contributed by atoms with Gasteiger partial charge in [0.1, 0.15) is 0 Å². The number of rotatable bonds is 2. The highest BCUT2D eigenvalue weighted by Crippen LogP contribution is 2.28. The zero-order valence-electron chi connectivity index (χ0n) is 13.9. The standard InChI is InChI=1S/C20H20ClN3O/c21-17-7-4-14(5-8-17)16-3-1-2-10-24(12-16)20(25)15-6-9-18-19(11-15)23-13-22-18/h4-9,11,13,16H,1-3,10,12H2,(H,22,23). The fourth-order valence-electron chi connectivity index (χ4n) is 3.58. The van der Waals surface area contributed by atoms with E-state index in [4.69, 9.17) is 11.6 Å². The van der Waals surface area contributed by atoms with Gasteiger partial charge < -0.3 is 9.88 Å². The van der Waals surface area contributed by atoms with E-state index in [1.165, 1.54) is 5.56 Å². The molecule has 1 unspecified atom stereocenters. The third-order valence-electron chi connectivity index (χ3n) is 4.97. The highest BCUT2D eigenvalue weighted by Gasteiger charge is 2.24. The number of nitrogens with one attached hydrogen (secondary N) is 1. The van der Waals surface area contributed by atoms with Crippen molar-refractivity contribution in [2.75, 3.05) is 13.1 Å². The van der Waals surface area contributed by atoms with Gasteiger partial charge in [0.2, 0.25) is 0 Å². The number of aromatic nitrogens is 2. The topological polar surface area (TPSA) is 49.0 Å². The minimum Gasteiger partial charge on any atom is -0.345 e. The van der Waals surface area contributed by atoms with E-state index in [2.05, 4.69) is 22.1 Å². The summed E-state index contributed by atoms with van der Waals surface area (Å²) in [5.41, 5.74) is 3.75. The second-order valence-corrected chi connectivity index (χ2v) is 7.07. The number of benzene rings is 2. The van der Waals surface area contributed by atoms with Crippen molar-refractivity contribution >= 4 is 28.5 Å². The zero-order chi connectivity index (χ0) is 17.2. The van der Waals surface area contributed by atoms with Crippen molar-refractivity contribution in [3.05, 3.63) is 64.9 Å². The van der Waals surface area contributed by atoms with E-state index in [1.807, 2.05) is 35.2 Å². The number of halogens is 1. The molecule has 0 bridgehead atoms. The molecule has 1 N–H and O–H groups in total. The monoisotopic (exact) mass is 353 g/mol. The average molecular weight is 354 g/mol. The molecule has 4 rings (SSSR count). The normalized spacial score (nSPS) is 18.3. The summed E-state index contributed by atoms with van der Waals surface area (Å²) in [7, 11) is 0. The molecule has 25 heavy (non-hydrogen) atoms. The summed E-state index contributed by atoms with van der Waals surface area (Å²) >= 11 is 6.01. The Morgan fingerprint density at radius 3 is 2.84 bits per heavy atom. The molecule has 1 amide bonds. The van der Waals surface area contributed by atoms with Crippen LogP contribution in [-0.2, 0) is 0 Å². The molecule has 0 saturated carbocycles. The molecule has 5 heteroatoms. The van der Waals surface area contributed by atoms with E-state index in [1.54, 1.807) is 6.33 Å². The summed E-state index contributed by atoms with van der Waals surface area (Å²) in [6, 6.07) is 13.7. The first-order valence-electron chi connectivity index (χ1n) is 8.68. The number of H-pyrrole nitrogens is 1. The predicted molar refractivity (Wildman–Crippen MR) is 100 cm³/mol. The maximum absolute atomic E-state index is 13.0. The van der Waals surface area contributed by atoms with Crippen LogP contribution in [0.1, 0.15) is 41.1 Å². The summed E-state index contributed by atoms with van der Waals surface area (Å²) in [6.07, 6.45) is 4.94. The van der Waals surface area contributed by atoms with Crippen molar-refractivity contribution in [2.24, 2.45) is 0 Å². The molecule has 0 radical (unpaired) electrons. The van der Waals surface area contributed by atoms with Gasteiger partial charge >= 0.3 is 0 Å². The van der Waals surface area contributed by atoms with Gasteiger partial charge in [-0.25, -0.2) is 4.98 Å². The lowest BCUT2D eigenvalue weighted by Crippen LogP contribution is -2.34. The molecule has 1 aliphatic rings. The van der Waals surface area contributed by atoms with Crippen molar-refractivity contribution in [1.82, 2.24) is 14.9 Å². The van der Waals surface area contributed by atoms with Gasteiger partial charge in [0.15, 0.2) is 0 Å². The van der Waals surface area contributed by atoms with Gasteiger partial charge in [-0.15, -0.1) is 0 Å². The van der Waals surface area contributed by atoms with Crippen LogP contribution in [0.5, 0.6) is 0 Å². The van der Waals surface area contributed by atoms with Gasteiger partial charge in [-0.05, 0) is 48.7 Å². The minimum absolute atomic E-state index is 0.0948. The summed E-state index contributed by atoms with van der Waals surface area (Å²) in [6.45, 7) is 1.56. The van der Waals surface area contributed by atoms with Crippen molar-refractivity contribution in [3.8, 4) is 0 Å². The highest BCUT2D eigenvalue weighted by molar-refractivity contribution is 6.30. The number of imidazole rings is 1. The molecule has 1 aliphatic heterocycles. The van der Waals surface area contributed by atoms with Crippen LogP contribution in [0.2, 0.25) is 5.02 Å². The number of hydrogen-bond acceptors (Lipinski definition) is 2. The quantitative estimate of drug-likeness (QED) is 0.730. The van der Waals surface area contributed by atoms with E-state index in [-0.39, 0.29) is 5.91 Å². The molecule has 1 aromatic heterocycles. The summed E-state index contributed by atoms with van der Waals surface area (Å²) < 4.78 is 0. The van der Waals surface area contributed by atoms with Gasteiger partial charge in [-0.1, -0.05) is 30.2 Å². The molecule has 128 valence electrons. The van der Waals surface area contributed by atoms with E-state index < -0.39 is 0 Å². The van der Waals surface area contributed by atoms with Crippen LogP contribution in [0.3, 0.4) is 0 Å². The summed E-state index contributed by atoms with van der Waals surface area (Å²) in [5.74, 6) is 0.456. The molecule has 4 nitrogen and oxygen atoms in total. The SMILES string of the molecule is O=C(c1ccc2nc[nH]c2c1)N1CCCCC(c2ccc(Cl)cc2)C1. The van der Waals surface area contributed by atoms with Crippen LogP contribution in [0, 0.1) is 0 Å². The summed E-state index contributed by atoms with van der Waals surface area (Å²) in [4.78, 5) is 22.3. The van der Waals surface area contributed by atoms with Gasteiger partial charge in [-0.3, -0.25) is 4.79 Å². The Morgan fingerprint density at radius 1 is 1.16 bits per heavy atom. The summed E-state index contributed by atoms with van der Waals surface area (Å²) in [5, 5.41) is 0.748. The van der Waals surface area contributed by atoms with E-state index in [0.717, 1.165) is 48.4 Å². The third-order valence-corrected chi connectivity index (χ3v) is 5.22. The van der Waals surface area contributed by atoms with Gasteiger partial charge in [-0.2, -0.15) is 0 Å². The first-order valence-corrected chi connectivity index (χ1v) is 9.06. The van der Waals surface area contributed by atoms with Crippen molar-refractivity contribution in [3.63, 3.8) is 0 Å². The molecular formula is C20H20ClN3O. The van der Waals surface area contributed by atoms with Gasteiger partial charge in [0, 0.05) is 29.6 Å². The van der Waals surface area contributed by atoms with Gasteiger partial charge in [0.05, 0.1) is 17.4 Å². The third kappa shape index (κ3) is 3.40. The predicted octanol–water partition coefficient (Wildman–Crippen LogP) is 4.63. The fraction of sp³-hybridized carbons (Fsp3) is 0.300. The number of fused-ring (bicyclic) bond motifs is 1. The van der Waals surface area contributed by atoms with Crippen LogP contribution in [0.4, 0.5) is 0 Å². The first-order chi connectivity index (χ1) is 12.2. The Balaban J connectivity index is 1.57. The molecule has 1 saturated heterocycles. The zero-order valence-corrected chi connectivity index (χ0v) is 14.7. The maximum Gasteiger partial charge on any atom is 0.253 e. The van der Waals surface area contributed by atoms with E-state index >= 15 is 0 Å². The largest absolute Gasteiger partial charge is 0.345 e. The maximum atomic E-state index is 13.0. The molecular weight excluding hydrogens is 334 g/mol. The van der Waals surface area contributed by atoms with Crippen molar-refractivity contribution < 1.29 is 4.79 Å². The number of amides is 1. The number of nitrogens with zero attached hydrogens (tertiary/aromatic N) is 2. The highest BCUT2D eigenvalue weighted by atomic mass is 35.5. The second-order valence-electron chi connectivity index (χ2n) is 6.63.